The Bertz CT molecular complexity index is 769. The third-order valence-electron chi connectivity index (χ3n) is 2.97. The fraction of sp³-hybridized carbons (Fsp3) is 0.0667. The van der Waals surface area contributed by atoms with Gasteiger partial charge in [-0.05, 0) is 29.3 Å². The van der Waals surface area contributed by atoms with Crippen LogP contribution >= 0.6 is 0 Å². The van der Waals surface area contributed by atoms with Gasteiger partial charge in [0.2, 0.25) is 5.69 Å². The number of hydrogen-bond donors (Lipinski definition) is 1. The zero-order valence-electron chi connectivity index (χ0n) is 11.7. The largest absolute Gasteiger partial charge is 0.464 e. The lowest BCUT2D eigenvalue weighted by Gasteiger charge is -2.05. The predicted octanol–water partition coefficient (Wildman–Crippen LogP) is 2.45. The number of esters is 1. The Hall–Kier alpha value is -3.22. The highest BCUT2D eigenvalue weighted by atomic mass is 16.5. The van der Waals surface area contributed by atoms with Gasteiger partial charge in [-0.2, -0.15) is 0 Å². The first-order valence-electron chi connectivity index (χ1n) is 6.45. The summed E-state index contributed by atoms with van der Waals surface area (Å²) in [4.78, 5) is 15.6. The molecule has 0 aliphatic heterocycles. The zero-order valence-corrected chi connectivity index (χ0v) is 11.7. The summed E-state index contributed by atoms with van der Waals surface area (Å²) in [5.41, 5.74) is 2.08. The van der Waals surface area contributed by atoms with Gasteiger partial charge < -0.3 is 9.47 Å². The highest BCUT2D eigenvalue weighted by Gasteiger charge is 2.18. The lowest BCUT2D eigenvalue weighted by molar-refractivity contribution is 0.0591. The van der Waals surface area contributed by atoms with Gasteiger partial charge >= 0.3 is 5.97 Å². The molecule has 3 rings (SSSR count). The monoisotopic (exact) mass is 296 g/mol. The number of carbonyl (C=O) groups excluding carboxylic acids is 1. The maximum atomic E-state index is 11.5. The predicted molar refractivity (Wildman–Crippen MR) is 77.5 cm³/mol. The van der Waals surface area contributed by atoms with Crippen LogP contribution in [0.15, 0.2) is 48.8 Å². The van der Waals surface area contributed by atoms with E-state index in [1.165, 1.54) is 7.11 Å². The van der Waals surface area contributed by atoms with Crippen LogP contribution in [0.1, 0.15) is 10.5 Å². The summed E-state index contributed by atoms with van der Waals surface area (Å²) >= 11 is 0. The van der Waals surface area contributed by atoms with Crippen molar-refractivity contribution >= 4 is 5.97 Å². The Morgan fingerprint density at radius 2 is 1.95 bits per heavy atom. The Labute approximate surface area is 125 Å². The average Bonchev–Trinajstić information content (AvgIpc) is 3.04. The normalized spacial score (nSPS) is 10.2. The summed E-state index contributed by atoms with van der Waals surface area (Å²) in [6, 6.07) is 11.2. The molecule has 2 aromatic heterocycles. The molecule has 0 radical (unpaired) electrons. The Kier molecular flexibility index (Phi) is 3.78. The standard InChI is InChI=1S/C15H12N4O3/c1-21-15(20)13-14(18-19-17-13)22-12-6-4-10(5-7-12)11-3-2-8-16-9-11/h2-9H,1H3,(H,17,18,19). The molecular formula is C15H12N4O3. The van der Waals surface area contributed by atoms with Crippen molar-refractivity contribution in [2.24, 2.45) is 0 Å². The quantitative estimate of drug-likeness (QED) is 0.744. The summed E-state index contributed by atoms with van der Waals surface area (Å²) < 4.78 is 10.2. The van der Waals surface area contributed by atoms with Crippen LogP contribution in [0.5, 0.6) is 11.6 Å². The summed E-state index contributed by atoms with van der Waals surface area (Å²) in [6.07, 6.45) is 3.50. The van der Waals surface area contributed by atoms with E-state index >= 15 is 0 Å². The van der Waals surface area contributed by atoms with Crippen LogP contribution < -0.4 is 4.74 Å². The van der Waals surface area contributed by atoms with Crippen molar-refractivity contribution < 1.29 is 14.3 Å². The number of hydrogen-bond acceptors (Lipinski definition) is 6. The van der Waals surface area contributed by atoms with Crippen molar-refractivity contribution in [1.29, 1.82) is 0 Å². The molecule has 7 nitrogen and oxygen atoms in total. The molecule has 0 saturated carbocycles. The number of benzene rings is 1. The highest BCUT2D eigenvalue weighted by molar-refractivity contribution is 5.89. The summed E-state index contributed by atoms with van der Waals surface area (Å²) in [7, 11) is 1.27. The van der Waals surface area contributed by atoms with Crippen LogP contribution in [0.2, 0.25) is 0 Å². The van der Waals surface area contributed by atoms with Gasteiger partial charge in [-0.3, -0.25) is 4.98 Å². The first-order valence-corrected chi connectivity index (χ1v) is 6.45. The van der Waals surface area contributed by atoms with E-state index in [-0.39, 0.29) is 11.6 Å². The van der Waals surface area contributed by atoms with Gasteiger partial charge in [0, 0.05) is 12.4 Å². The molecule has 110 valence electrons. The van der Waals surface area contributed by atoms with Crippen LogP contribution in [0.4, 0.5) is 0 Å². The number of methoxy groups -OCH3 is 1. The molecule has 0 unspecified atom stereocenters. The number of rotatable bonds is 4. The second-order valence-electron chi connectivity index (χ2n) is 4.35. The molecule has 3 aromatic rings. The van der Waals surface area contributed by atoms with Gasteiger partial charge in [-0.15, -0.1) is 0 Å². The van der Waals surface area contributed by atoms with Crippen molar-refractivity contribution in [3.8, 4) is 22.8 Å². The number of aromatic nitrogens is 4. The molecule has 1 aromatic carbocycles. The number of ether oxygens (including phenoxy) is 2. The van der Waals surface area contributed by atoms with E-state index < -0.39 is 5.97 Å². The SMILES string of the molecule is COC(=O)c1[nH]nnc1Oc1ccc(-c2cccnc2)cc1. The van der Waals surface area contributed by atoms with Gasteiger partial charge in [0.25, 0.3) is 5.88 Å². The van der Waals surface area contributed by atoms with Crippen molar-refractivity contribution in [2.75, 3.05) is 7.11 Å². The minimum absolute atomic E-state index is 0.0684. The number of nitrogens with zero attached hydrogens (tertiary/aromatic N) is 3. The fourth-order valence-electron chi connectivity index (χ4n) is 1.89. The molecule has 22 heavy (non-hydrogen) atoms. The van der Waals surface area contributed by atoms with Crippen molar-refractivity contribution in [1.82, 2.24) is 20.4 Å². The molecule has 0 bridgehead atoms. The molecule has 0 spiro atoms. The molecule has 0 aliphatic carbocycles. The van der Waals surface area contributed by atoms with Gasteiger partial charge in [0.1, 0.15) is 5.75 Å². The van der Waals surface area contributed by atoms with Crippen LogP contribution in [-0.2, 0) is 4.74 Å². The highest BCUT2D eigenvalue weighted by Crippen LogP contribution is 2.25. The zero-order chi connectivity index (χ0) is 15.4. The molecular weight excluding hydrogens is 284 g/mol. The number of aromatic amines is 1. The average molecular weight is 296 g/mol. The van der Waals surface area contributed by atoms with E-state index in [1.807, 2.05) is 24.3 Å². The molecule has 1 N–H and O–H groups in total. The number of H-pyrrole nitrogens is 1. The number of pyridine rings is 1. The first-order chi connectivity index (χ1) is 10.8. The van der Waals surface area contributed by atoms with E-state index in [1.54, 1.807) is 24.5 Å². The van der Waals surface area contributed by atoms with Crippen LogP contribution in [-0.4, -0.2) is 33.5 Å². The Morgan fingerprint density at radius 1 is 1.14 bits per heavy atom. The lowest BCUT2D eigenvalue weighted by Crippen LogP contribution is -2.03. The summed E-state index contributed by atoms with van der Waals surface area (Å²) in [5.74, 6) is 0.0136. The van der Waals surface area contributed by atoms with E-state index in [0.717, 1.165) is 11.1 Å². The topological polar surface area (TPSA) is 90.0 Å². The smallest absolute Gasteiger partial charge is 0.361 e. The van der Waals surface area contributed by atoms with Crippen molar-refractivity contribution in [2.45, 2.75) is 0 Å². The fourth-order valence-corrected chi connectivity index (χ4v) is 1.89. The van der Waals surface area contributed by atoms with Gasteiger partial charge in [-0.1, -0.05) is 28.5 Å². The van der Waals surface area contributed by atoms with E-state index in [9.17, 15) is 4.79 Å². The van der Waals surface area contributed by atoms with Crippen LogP contribution in [0.3, 0.4) is 0 Å². The molecule has 0 aliphatic rings. The van der Waals surface area contributed by atoms with E-state index in [0.29, 0.717) is 5.75 Å². The third kappa shape index (κ3) is 2.78. The molecule has 0 fully saturated rings. The van der Waals surface area contributed by atoms with Crippen molar-refractivity contribution in [3.05, 3.63) is 54.5 Å². The maximum absolute atomic E-state index is 11.5. The molecule has 2 heterocycles. The Morgan fingerprint density at radius 3 is 2.64 bits per heavy atom. The minimum Gasteiger partial charge on any atom is -0.464 e. The van der Waals surface area contributed by atoms with Crippen LogP contribution in [0.25, 0.3) is 11.1 Å². The molecule has 0 saturated heterocycles. The number of carbonyl (C=O) groups is 1. The Balaban J connectivity index is 1.80. The van der Waals surface area contributed by atoms with Crippen LogP contribution in [0, 0.1) is 0 Å². The molecule has 0 amide bonds. The summed E-state index contributed by atoms with van der Waals surface area (Å²) in [5, 5.41) is 9.71. The molecule has 0 atom stereocenters. The second-order valence-corrected chi connectivity index (χ2v) is 4.35. The number of nitrogens with one attached hydrogen (secondary N) is 1. The lowest BCUT2D eigenvalue weighted by atomic mass is 10.1. The summed E-state index contributed by atoms with van der Waals surface area (Å²) in [6.45, 7) is 0. The second kappa shape index (κ2) is 6.04. The first kappa shape index (κ1) is 13.7. The van der Waals surface area contributed by atoms with E-state index in [4.69, 9.17) is 4.74 Å². The van der Waals surface area contributed by atoms with E-state index in [2.05, 4.69) is 25.1 Å². The third-order valence-corrected chi connectivity index (χ3v) is 2.97. The maximum Gasteiger partial charge on any atom is 0.361 e. The minimum atomic E-state index is -0.591. The van der Waals surface area contributed by atoms with Gasteiger partial charge in [0.15, 0.2) is 0 Å². The molecule has 7 heteroatoms. The van der Waals surface area contributed by atoms with Gasteiger partial charge in [0.05, 0.1) is 7.11 Å². The van der Waals surface area contributed by atoms with Gasteiger partial charge in [-0.25, -0.2) is 9.89 Å². The van der Waals surface area contributed by atoms with Crippen molar-refractivity contribution in [3.63, 3.8) is 0 Å².